The van der Waals surface area contributed by atoms with E-state index in [2.05, 4.69) is 75.7 Å². The molecule has 1 heterocycles. The Kier molecular flexibility index (Phi) is 5.46. The van der Waals surface area contributed by atoms with E-state index in [9.17, 15) is 0 Å². The van der Waals surface area contributed by atoms with Gasteiger partial charge in [0.2, 0.25) is 0 Å². The lowest BCUT2D eigenvalue weighted by Crippen LogP contribution is -2.01. The molecular formula is C29H24N2. The Labute approximate surface area is 183 Å². The fourth-order valence-electron chi connectivity index (χ4n) is 3.84. The molecule has 0 unspecified atom stereocenters. The molecule has 0 bridgehead atoms. The first-order valence-corrected chi connectivity index (χ1v) is 10.1. The summed E-state index contributed by atoms with van der Waals surface area (Å²) in [4.78, 5) is 9.93. The molecule has 1 aromatic heterocycles. The number of hydrogen-bond acceptors (Lipinski definition) is 2. The van der Waals surface area contributed by atoms with Crippen LogP contribution in [0, 0.1) is 6.92 Å². The molecule has 0 fully saturated rings. The number of aromatic nitrogens is 2. The summed E-state index contributed by atoms with van der Waals surface area (Å²) in [7, 11) is 0. The maximum Gasteiger partial charge on any atom is 0.0979 e. The molecule has 0 saturated carbocycles. The normalized spacial score (nSPS) is 10.6. The topological polar surface area (TPSA) is 25.8 Å². The van der Waals surface area contributed by atoms with Gasteiger partial charge in [-0.1, -0.05) is 92.6 Å². The van der Waals surface area contributed by atoms with E-state index in [0.717, 1.165) is 50.1 Å². The van der Waals surface area contributed by atoms with E-state index in [1.54, 1.807) is 18.2 Å². The van der Waals surface area contributed by atoms with Gasteiger partial charge in [0.25, 0.3) is 0 Å². The third kappa shape index (κ3) is 3.64. The molecule has 4 rings (SSSR count). The van der Waals surface area contributed by atoms with Crippen molar-refractivity contribution in [2.24, 2.45) is 0 Å². The van der Waals surface area contributed by atoms with Crippen molar-refractivity contribution in [3.8, 4) is 22.5 Å². The molecule has 2 nitrogen and oxygen atoms in total. The molecule has 0 N–H and O–H groups in total. The zero-order valence-corrected chi connectivity index (χ0v) is 17.7. The molecule has 150 valence electrons. The lowest BCUT2D eigenvalue weighted by atomic mass is 9.92. The van der Waals surface area contributed by atoms with Crippen LogP contribution in [0.5, 0.6) is 0 Å². The van der Waals surface area contributed by atoms with Gasteiger partial charge in [0, 0.05) is 11.1 Å². The fraction of sp³-hybridized carbons (Fsp3) is 0.0345. The second-order valence-corrected chi connectivity index (χ2v) is 7.40. The summed E-state index contributed by atoms with van der Waals surface area (Å²) in [6, 6.07) is 20.8. The van der Waals surface area contributed by atoms with Gasteiger partial charge in [-0.3, -0.25) is 0 Å². The molecule has 2 heteroatoms. The Balaban J connectivity index is 2.10. The zero-order chi connectivity index (χ0) is 22.0. The quantitative estimate of drug-likeness (QED) is 0.309. The highest BCUT2D eigenvalue weighted by Gasteiger charge is 2.18. The van der Waals surface area contributed by atoms with Gasteiger partial charge in [-0.25, -0.2) is 9.97 Å². The minimum atomic E-state index is 0.713. The van der Waals surface area contributed by atoms with Crippen LogP contribution in [0.2, 0.25) is 0 Å². The maximum atomic E-state index is 4.99. The average molecular weight is 401 g/mol. The Morgan fingerprint density at radius 1 is 0.774 bits per heavy atom. The summed E-state index contributed by atoms with van der Waals surface area (Å²) in [5, 5.41) is 2.20. The number of benzene rings is 3. The summed E-state index contributed by atoms with van der Waals surface area (Å²) in [6.07, 6.45) is 5.24. The van der Waals surface area contributed by atoms with Crippen molar-refractivity contribution >= 4 is 28.5 Å². The zero-order valence-electron chi connectivity index (χ0n) is 17.7. The number of nitrogens with zero attached hydrogens (tertiary/aromatic N) is 2. The third-order valence-corrected chi connectivity index (χ3v) is 5.40. The highest BCUT2D eigenvalue weighted by atomic mass is 14.8. The van der Waals surface area contributed by atoms with Crippen molar-refractivity contribution in [2.75, 3.05) is 0 Å². The smallest absolute Gasteiger partial charge is 0.0979 e. The highest BCUT2D eigenvalue weighted by molar-refractivity contribution is 6.04. The van der Waals surface area contributed by atoms with E-state index in [0.29, 0.717) is 5.69 Å². The molecule has 0 aliphatic heterocycles. The average Bonchev–Trinajstić information content (AvgIpc) is 2.82. The monoisotopic (exact) mass is 400 g/mol. The van der Waals surface area contributed by atoms with Crippen LogP contribution in [0.4, 0.5) is 0 Å². The molecule has 0 spiro atoms. The van der Waals surface area contributed by atoms with Crippen molar-refractivity contribution in [1.29, 1.82) is 0 Å². The van der Waals surface area contributed by atoms with Gasteiger partial charge in [-0.2, -0.15) is 0 Å². The molecule has 0 aliphatic carbocycles. The van der Waals surface area contributed by atoms with Crippen molar-refractivity contribution in [3.05, 3.63) is 116 Å². The van der Waals surface area contributed by atoms with E-state index in [-0.39, 0.29) is 0 Å². The number of rotatable bonds is 6. The summed E-state index contributed by atoms with van der Waals surface area (Å²) in [6.45, 7) is 18.0. The molecule has 0 radical (unpaired) electrons. The predicted octanol–water partition coefficient (Wildman–Crippen LogP) is 7.76. The molecule has 0 atom stereocenters. The lowest BCUT2D eigenvalue weighted by Gasteiger charge is -2.16. The van der Waals surface area contributed by atoms with Gasteiger partial charge < -0.3 is 0 Å². The van der Waals surface area contributed by atoms with E-state index >= 15 is 0 Å². The summed E-state index contributed by atoms with van der Waals surface area (Å²) in [5.74, 6) is 0. The Bertz CT molecular complexity index is 1360. The number of fused-ring (bicyclic) bond motifs is 1. The standard InChI is InChI=1S/C29H24N2/c1-6-20(5)22-16-17-25(24-15-10-9-14-23(22)24)29-28(21-13-11-12-19(4)18-21)30-26(7-2)27(8-3)31-29/h6-18H,1-3,5H2,4H3. The third-order valence-electron chi connectivity index (χ3n) is 5.40. The van der Waals surface area contributed by atoms with Crippen LogP contribution in [0.1, 0.15) is 22.5 Å². The van der Waals surface area contributed by atoms with Crippen LogP contribution >= 0.6 is 0 Å². The number of hydrogen-bond donors (Lipinski definition) is 0. The van der Waals surface area contributed by atoms with Crippen LogP contribution in [0.25, 0.3) is 51.0 Å². The second kappa shape index (κ2) is 8.37. The molecule has 0 saturated heterocycles. The van der Waals surface area contributed by atoms with E-state index in [4.69, 9.17) is 9.97 Å². The Morgan fingerprint density at radius 3 is 2.10 bits per heavy atom. The fourth-order valence-corrected chi connectivity index (χ4v) is 3.84. The maximum absolute atomic E-state index is 4.99. The first-order valence-electron chi connectivity index (χ1n) is 10.1. The molecule has 0 aliphatic rings. The van der Waals surface area contributed by atoms with Gasteiger partial charge in [0.15, 0.2) is 0 Å². The van der Waals surface area contributed by atoms with Crippen molar-refractivity contribution in [3.63, 3.8) is 0 Å². The van der Waals surface area contributed by atoms with Crippen molar-refractivity contribution in [1.82, 2.24) is 9.97 Å². The van der Waals surface area contributed by atoms with Gasteiger partial charge >= 0.3 is 0 Å². The Hall–Kier alpha value is -4.04. The summed E-state index contributed by atoms with van der Waals surface area (Å²) < 4.78 is 0. The summed E-state index contributed by atoms with van der Waals surface area (Å²) >= 11 is 0. The minimum Gasteiger partial charge on any atom is -0.244 e. The second-order valence-electron chi connectivity index (χ2n) is 7.40. The van der Waals surface area contributed by atoms with Gasteiger partial charge in [-0.05, 0) is 47.1 Å². The SMILES string of the molecule is C=CC(=C)c1ccc(-c2nc(C=C)c(C=C)nc2-c2cccc(C)c2)c2ccccc12. The molecule has 31 heavy (non-hydrogen) atoms. The highest BCUT2D eigenvalue weighted by Crippen LogP contribution is 2.37. The molecular weight excluding hydrogens is 376 g/mol. The first kappa shape index (κ1) is 20.2. The van der Waals surface area contributed by atoms with Gasteiger partial charge in [0.05, 0.1) is 22.8 Å². The lowest BCUT2D eigenvalue weighted by molar-refractivity contribution is 1.17. The van der Waals surface area contributed by atoms with E-state index in [1.165, 1.54) is 5.56 Å². The van der Waals surface area contributed by atoms with Gasteiger partial charge in [0.1, 0.15) is 0 Å². The van der Waals surface area contributed by atoms with E-state index < -0.39 is 0 Å². The molecule has 4 aromatic rings. The van der Waals surface area contributed by atoms with Crippen LogP contribution in [0.15, 0.2) is 93.1 Å². The Morgan fingerprint density at radius 2 is 1.45 bits per heavy atom. The molecule has 3 aromatic carbocycles. The first-order chi connectivity index (χ1) is 15.1. The van der Waals surface area contributed by atoms with Crippen LogP contribution in [0.3, 0.4) is 0 Å². The van der Waals surface area contributed by atoms with Gasteiger partial charge in [-0.15, -0.1) is 0 Å². The minimum absolute atomic E-state index is 0.713. The predicted molar refractivity (Wildman–Crippen MR) is 135 cm³/mol. The number of aryl methyl sites for hydroxylation is 1. The van der Waals surface area contributed by atoms with Crippen LogP contribution < -0.4 is 0 Å². The van der Waals surface area contributed by atoms with Crippen molar-refractivity contribution in [2.45, 2.75) is 6.92 Å². The van der Waals surface area contributed by atoms with Crippen LogP contribution in [-0.4, -0.2) is 9.97 Å². The molecule has 0 amide bonds. The van der Waals surface area contributed by atoms with Crippen molar-refractivity contribution < 1.29 is 0 Å². The summed E-state index contributed by atoms with van der Waals surface area (Å²) in [5.41, 5.74) is 8.22. The largest absolute Gasteiger partial charge is 0.244 e. The van der Waals surface area contributed by atoms with Crippen LogP contribution in [-0.2, 0) is 0 Å². The van der Waals surface area contributed by atoms with E-state index in [1.807, 2.05) is 18.2 Å². The number of allylic oxidation sites excluding steroid dienone is 2.